The standard InChI is InChI=1S/C21H14N2O2/c24-20-15(16-6-3-4-10-22-16)11-12-8-9-14-13-5-1-2-7-17(13)23-19(14)18(12)21(20)25/h1-11,23-25H. The largest absolute Gasteiger partial charge is 0.504 e. The van der Waals surface area contributed by atoms with Crippen molar-refractivity contribution in [1.82, 2.24) is 9.97 Å². The van der Waals surface area contributed by atoms with Crippen molar-refractivity contribution in [1.29, 1.82) is 0 Å². The zero-order chi connectivity index (χ0) is 17.0. The smallest absolute Gasteiger partial charge is 0.168 e. The maximum absolute atomic E-state index is 10.7. The lowest BCUT2D eigenvalue weighted by molar-refractivity contribution is 0.409. The molecule has 0 radical (unpaired) electrons. The molecule has 5 rings (SSSR count). The van der Waals surface area contributed by atoms with Crippen molar-refractivity contribution in [3.8, 4) is 22.8 Å². The fraction of sp³-hybridized carbons (Fsp3) is 0. The summed E-state index contributed by atoms with van der Waals surface area (Å²) in [5, 5.41) is 24.9. The van der Waals surface area contributed by atoms with E-state index in [9.17, 15) is 10.2 Å². The minimum atomic E-state index is -0.155. The summed E-state index contributed by atoms with van der Waals surface area (Å²) in [7, 11) is 0. The molecule has 3 N–H and O–H groups in total. The van der Waals surface area contributed by atoms with E-state index in [0.717, 1.165) is 27.2 Å². The third kappa shape index (κ3) is 1.91. The minimum Gasteiger partial charge on any atom is -0.504 e. The predicted octanol–water partition coefficient (Wildman–Crippen LogP) is 4.95. The summed E-state index contributed by atoms with van der Waals surface area (Å²) in [5.74, 6) is -0.285. The van der Waals surface area contributed by atoms with Crippen LogP contribution in [0.5, 0.6) is 11.5 Å². The van der Waals surface area contributed by atoms with Crippen LogP contribution in [-0.2, 0) is 0 Å². The molecule has 0 atom stereocenters. The van der Waals surface area contributed by atoms with Crippen molar-refractivity contribution in [3.63, 3.8) is 0 Å². The molecule has 2 aromatic heterocycles. The van der Waals surface area contributed by atoms with Gasteiger partial charge in [-0.05, 0) is 29.7 Å². The van der Waals surface area contributed by atoms with Gasteiger partial charge in [0.1, 0.15) is 0 Å². The number of pyridine rings is 1. The molecule has 25 heavy (non-hydrogen) atoms. The first-order valence-corrected chi connectivity index (χ1v) is 8.03. The zero-order valence-electron chi connectivity index (χ0n) is 13.2. The average molecular weight is 326 g/mol. The molecule has 120 valence electrons. The number of aromatic nitrogens is 2. The molecule has 4 nitrogen and oxygen atoms in total. The zero-order valence-corrected chi connectivity index (χ0v) is 13.2. The predicted molar refractivity (Wildman–Crippen MR) is 99.9 cm³/mol. The van der Waals surface area contributed by atoms with Crippen LogP contribution in [0.25, 0.3) is 43.8 Å². The lowest BCUT2D eigenvalue weighted by atomic mass is 9.99. The van der Waals surface area contributed by atoms with E-state index in [1.807, 2.05) is 60.7 Å². The van der Waals surface area contributed by atoms with Crippen LogP contribution >= 0.6 is 0 Å². The van der Waals surface area contributed by atoms with Crippen molar-refractivity contribution < 1.29 is 10.2 Å². The summed E-state index contributed by atoms with van der Waals surface area (Å²) in [6.45, 7) is 0. The molecular formula is C21H14N2O2. The number of rotatable bonds is 1. The van der Waals surface area contributed by atoms with E-state index in [4.69, 9.17) is 0 Å². The topological polar surface area (TPSA) is 69.1 Å². The van der Waals surface area contributed by atoms with Crippen molar-refractivity contribution in [2.45, 2.75) is 0 Å². The SMILES string of the molecule is Oc1c(-c2ccccn2)cc2ccc3c4ccccc4[nH]c3c2c1O. The van der Waals surface area contributed by atoms with Crippen LogP contribution in [0, 0.1) is 0 Å². The van der Waals surface area contributed by atoms with Gasteiger partial charge in [-0.1, -0.05) is 36.4 Å². The van der Waals surface area contributed by atoms with Gasteiger partial charge in [-0.2, -0.15) is 0 Å². The second kappa shape index (κ2) is 4.98. The maximum atomic E-state index is 10.7. The summed E-state index contributed by atoms with van der Waals surface area (Å²) in [4.78, 5) is 7.64. The average Bonchev–Trinajstić information content (AvgIpc) is 3.03. The van der Waals surface area contributed by atoms with Gasteiger partial charge < -0.3 is 15.2 Å². The number of nitrogens with one attached hydrogen (secondary N) is 1. The Hall–Kier alpha value is -3.53. The number of phenolic OH excluding ortho intramolecular Hbond substituents is 2. The summed E-state index contributed by atoms with van der Waals surface area (Å²) < 4.78 is 0. The number of para-hydroxylation sites is 1. The fourth-order valence-electron chi connectivity index (χ4n) is 3.50. The molecule has 0 aliphatic rings. The van der Waals surface area contributed by atoms with Gasteiger partial charge in [0.15, 0.2) is 11.5 Å². The van der Waals surface area contributed by atoms with Crippen LogP contribution in [0.4, 0.5) is 0 Å². The number of fused-ring (bicyclic) bond motifs is 5. The summed E-state index contributed by atoms with van der Waals surface area (Å²) >= 11 is 0. The van der Waals surface area contributed by atoms with Gasteiger partial charge in [0.05, 0.1) is 16.6 Å². The Morgan fingerprint density at radius 3 is 2.48 bits per heavy atom. The molecule has 0 amide bonds. The van der Waals surface area contributed by atoms with E-state index in [-0.39, 0.29) is 11.5 Å². The highest BCUT2D eigenvalue weighted by Gasteiger charge is 2.17. The number of H-pyrrole nitrogens is 1. The molecule has 0 aliphatic heterocycles. The van der Waals surface area contributed by atoms with Crippen molar-refractivity contribution >= 4 is 32.6 Å². The van der Waals surface area contributed by atoms with Crippen LogP contribution in [0.3, 0.4) is 0 Å². The van der Waals surface area contributed by atoms with Gasteiger partial charge in [-0.3, -0.25) is 4.98 Å². The number of aromatic amines is 1. The van der Waals surface area contributed by atoms with E-state index in [1.54, 1.807) is 6.20 Å². The molecule has 2 heterocycles. The Kier molecular flexibility index (Phi) is 2.76. The monoisotopic (exact) mass is 326 g/mol. The molecule has 0 bridgehead atoms. The Morgan fingerprint density at radius 2 is 1.64 bits per heavy atom. The Morgan fingerprint density at radius 1 is 0.800 bits per heavy atom. The Balaban J connectivity index is 1.92. The molecule has 5 aromatic rings. The Labute approximate surface area is 143 Å². The minimum absolute atomic E-state index is 0.129. The highest BCUT2D eigenvalue weighted by molar-refractivity contribution is 6.19. The summed E-state index contributed by atoms with van der Waals surface area (Å²) in [6, 6.07) is 19.3. The molecule has 0 spiro atoms. The molecule has 0 aliphatic carbocycles. The fourth-order valence-corrected chi connectivity index (χ4v) is 3.50. The third-order valence-corrected chi connectivity index (χ3v) is 4.67. The number of aromatic hydroxyl groups is 2. The van der Waals surface area contributed by atoms with E-state index >= 15 is 0 Å². The molecule has 4 heteroatoms. The first kappa shape index (κ1) is 13.9. The highest BCUT2D eigenvalue weighted by atomic mass is 16.3. The van der Waals surface area contributed by atoms with Gasteiger partial charge in [0, 0.05) is 28.0 Å². The maximum Gasteiger partial charge on any atom is 0.168 e. The first-order chi connectivity index (χ1) is 12.2. The van der Waals surface area contributed by atoms with Crippen molar-refractivity contribution in [3.05, 3.63) is 66.9 Å². The molecule has 3 aromatic carbocycles. The number of nitrogens with zero attached hydrogens (tertiary/aromatic N) is 1. The number of phenols is 2. The van der Waals surface area contributed by atoms with Crippen LogP contribution in [-0.4, -0.2) is 20.2 Å². The number of benzene rings is 3. The Bertz CT molecular complexity index is 1260. The van der Waals surface area contributed by atoms with Gasteiger partial charge in [-0.15, -0.1) is 0 Å². The van der Waals surface area contributed by atoms with Crippen LogP contribution in [0.1, 0.15) is 0 Å². The third-order valence-electron chi connectivity index (χ3n) is 4.67. The molecule has 0 saturated heterocycles. The lowest BCUT2D eigenvalue weighted by Crippen LogP contribution is -1.86. The first-order valence-electron chi connectivity index (χ1n) is 8.03. The van der Waals surface area contributed by atoms with Gasteiger partial charge in [0.2, 0.25) is 0 Å². The van der Waals surface area contributed by atoms with Crippen LogP contribution < -0.4 is 0 Å². The normalized spacial score (nSPS) is 11.5. The van der Waals surface area contributed by atoms with Gasteiger partial charge >= 0.3 is 0 Å². The van der Waals surface area contributed by atoms with Crippen molar-refractivity contribution in [2.24, 2.45) is 0 Å². The number of hydrogen-bond acceptors (Lipinski definition) is 3. The van der Waals surface area contributed by atoms with Gasteiger partial charge in [-0.25, -0.2) is 0 Å². The van der Waals surface area contributed by atoms with Crippen LogP contribution in [0.15, 0.2) is 66.9 Å². The highest BCUT2D eigenvalue weighted by Crippen LogP contribution is 2.45. The second-order valence-corrected chi connectivity index (χ2v) is 6.09. The summed E-state index contributed by atoms with van der Waals surface area (Å²) in [6.07, 6.45) is 1.66. The van der Waals surface area contributed by atoms with E-state index in [1.165, 1.54) is 0 Å². The molecule has 0 unspecified atom stereocenters. The quantitative estimate of drug-likeness (QED) is 0.382. The molecule has 0 fully saturated rings. The lowest BCUT2D eigenvalue weighted by Gasteiger charge is -2.10. The van der Waals surface area contributed by atoms with Crippen LogP contribution in [0.2, 0.25) is 0 Å². The van der Waals surface area contributed by atoms with E-state index in [0.29, 0.717) is 16.6 Å². The van der Waals surface area contributed by atoms with E-state index < -0.39 is 0 Å². The van der Waals surface area contributed by atoms with Crippen molar-refractivity contribution in [2.75, 3.05) is 0 Å². The van der Waals surface area contributed by atoms with Gasteiger partial charge in [0.25, 0.3) is 0 Å². The molecular weight excluding hydrogens is 312 g/mol. The van der Waals surface area contributed by atoms with E-state index in [2.05, 4.69) is 9.97 Å². The molecule has 0 saturated carbocycles. The number of hydrogen-bond donors (Lipinski definition) is 3. The second-order valence-electron chi connectivity index (χ2n) is 6.09. The summed E-state index contributed by atoms with van der Waals surface area (Å²) in [5.41, 5.74) is 2.95.